The summed E-state index contributed by atoms with van der Waals surface area (Å²) in [5, 5.41) is 0. The maximum atomic E-state index is 2.40. The van der Waals surface area contributed by atoms with E-state index in [-0.39, 0.29) is 0 Å². The molecule has 15 heavy (non-hydrogen) atoms. The Morgan fingerprint density at radius 1 is 0.867 bits per heavy atom. The molecule has 0 nitrogen and oxygen atoms in total. The summed E-state index contributed by atoms with van der Waals surface area (Å²) in [6, 6.07) is 0. The first-order valence-electron chi connectivity index (χ1n) is 6.77. The maximum Gasteiger partial charge on any atom is -0.0302 e. The molecule has 0 heteroatoms. The van der Waals surface area contributed by atoms with Gasteiger partial charge in [-0.15, -0.1) is 0 Å². The predicted octanol–water partition coefficient (Wildman–Crippen LogP) is 5.28. The molecular weight excluding hydrogens is 180 g/mol. The molecule has 2 rings (SSSR count). The largest absolute Gasteiger partial charge is 0.0628 e. The van der Waals surface area contributed by atoms with Crippen molar-refractivity contribution < 1.29 is 0 Å². The summed E-state index contributed by atoms with van der Waals surface area (Å²) in [6.07, 6.45) is 7.32. The molecule has 2 aliphatic rings. The molecule has 0 bridgehead atoms. The molecule has 0 radical (unpaired) electrons. The highest BCUT2D eigenvalue weighted by molar-refractivity contribution is 4.90. The van der Waals surface area contributed by atoms with E-state index in [4.69, 9.17) is 0 Å². The van der Waals surface area contributed by atoms with E-state index >= 15 is 0 Å². The van der Waals surface area contributed by atoms with Gasteiger partial charge in [-0.05, 0) is 54.8 Å². The van der Waals surface area contributed by atoms with Crippen LogP contribution in [0.25, 0.3) is 0 Å². The molecule has 0 aliphatic heterocycles. The summed E-state index contributed by atoms with van der Waals surface area (Å²) in [7, 11) is 0. The van der Waals surface area contributed by atoms with Crippen LogP contribution in [-0.2, 0) is 0 Å². The van der Waals surface area contributed by atoms with Gasteiger partial charge in [-0.3, -0.25) is 0 Å². The molecular formula is C15H30. The molecule has 0 saturated heterocycles. The van der Waals surface area contributed by atoms with Crippen molar-refractivity contribution in [3.05, 3.63) is 0 Å². The summed E-state index contributed by atoms with van der Waals surface area (Å²) in [5.74, 6) is 1.81. The second-order valence-corrected chi connectivity index (χ2v) is 7.22. The Balaban J connectivity index is 0.000000151. The third-order valence-corrected chi connectivity index (χ3v) is 4.44. The zero-order valence-corrected chi connectivity index (χ0v) is 11.7. The number of hydrogen-bond acceptors (Lipinski definition) is 0. The second-order valence-electron chi connectivity index (χ2n) is 7.22. The fraction of sp³-hybridized carbons (Fsp3) is 1.00. The third kappa shape index (κ3) is 4.57. The molecule has 0 atom stereocenters. The van der Waals surface area contributed by atoms with Crippen LogP contribution >= 0.6 is 0 Å². The normalized spacial score (nSPS) is 24.8. The van der Waals surface area contributed by atoms with Crippen molar-refractivity contribution in [1.82, 2.24) is 0 Å². The maximum absolute atomic E-state index is 2.40. The van der Waals surface area contributed by atoms with E-state index in [1.54, 1.807) is 0 Å². The van der Waals surface area contributed by atoms with E-state index in [9.17, 15) is 0 Å². The van der Waals surface area contributed by atoms with Gasteiger partial charge in [0.15, 0.2) is 0 Å². The number of rotatable bonds is 3. The molecule has 0 heterocycles. The summed E-state index contributed by atoms with van der Waals surface area (Å²) in [4.78, 5) is 0. The van der Waals surface area contributed by atoms with E-state index in [0.717, 1.165) is 22.7 Å². The molecule has 0 aromatic rings. The summed E-state index contributed by atoms with van der Waals surface area (Å²) in [6.45, 7) is 14.0. The summed E-state index contributed by atoms with van der Waals surface area (Å²) >= 11 is 0. The Labute approximate surface area is 96.8 Å². The number of hydrogen-bond donors (Lipinski definition) is 0. The Hall–Kier alpha value is 0. The average molecular weight is 210 g/mol. The highest BCUT2D eigenvalue weighted by Crippen LogP contribution is 2.51. The molecule has 90 valence electrons. The SMILES string of the molecule is CC(C)C1(C)CC1.CC(C)CC1(C)CC1. The Morgan fingerprint density at radius 2 is 1.33 bits per heavy atom. The van der Waals surface area contributed by atoms with E-state index < -0.39 is 0 Å². The monoisotopic (exact) mass is 210 g/mol. The predicted molar refractivity (Wildman–Crippen MR) is 69.0 cm³/mol. The lowest BCUT2D eigenvalue weighted by Gasteiger charge is -2.10. The Bertz CT molecular complexity index is 192. The molecule has 2 fully saturated rings. The molecule has 2 saturated carbocycles. The van der Waals surface area contributed by atoms with Crippen LogP contribution in [0.5, 0.6) is 0 Å². The third-order valence-electron chi connectivity index (χ3n) is 4.44. The van der Waals surface area contributed by atoms with Crippen LogP contribution in [0, 0.1) is 22.7 Å². The van der Waals surface area contributed by atoms with Crippen molar-refractivity contribution in [2.45, 2.75) is 73.6 Å². The molecule has 0 unspecified atom stereocenters. The Morgan fingerprint density at radius 3 is 1.40 bits per heavy atom. The van der Waals surface area contributed by atoms with Gasteiger partial charge in [-0.2, -0.15) is 0 Å². The fourth-order valence-corrected chi connectivity index (χ4v) is 2.18. The molecule has 0 aromatic heterocycles. The van der Waals surface area contributed by atoms with Gasteiger partial charge in [0.2, 0.25) is 0 Å². The summed E-state index contributed by atoms with van der Waals surface area (Å²) < 4.78 is 0. The van der Waals surface area contributed by atoms with Crippen LogP contribution in [0.2, 0.25) is 0 Å². The fourth-order valence-electron chi connectivity index (χ4n) is 2.18. The Kier molecular flexibility index (Phi) is 3.90. The van der Waals surface area contributed by atoms with E-state index in [2.05, 4.69) is 41.5 Å². The van der Waals surface area contributed by atoms with Gasteiger partial charge >= 0.3 is 0 Å². The lowest BCUT2D eigenvalue weighted by atomic mass is 9.95. The van der Waals surface area contributed by atoms with Crippen LogP contribution in [-0.4, -0.2) is 0 Å². The van der Waals surface area contributed by atoms with Crippen molar-refractivity contribution in [1.29, 1.82) is 0 Å². The molecule has 0 spiro atoms. The van der Waals surface area contributed by atoms with Crippen LogP contribution in [0.15, 0.2) is 0 Å². The van der Waals surface area contributed by atoms with Crippen molar-refractivity contribution in [2.75, 3.05) is 0 Å². The minimum Gasteiger partial charge on any atom is -0.0628 e. The van der Waals surface area contributed by atoms with Crippen LogP contribution in [0.4, 0.5) is 0 Å². The highest BCUT2D eigenvalue weighted by Gasteiger charge is 2.39. The van der Waals surface area contributed by atoms with Gasteiger partial charge in [0.25, 0.3) is 0 Å². The van der Waals surface area contributed by atoms with E-state index in [1.807, 2.05) is 0 Å². The van der Waals surface area contributed by atoms with Gasteiger partial charge in [0.1, 0.15) is 0 Å². The molecule has 0 aromatic carbocycles. The first-order valence-corrected chi connectivity index (χ1v) is 6.77. The minimum absolute atomic E-state index is 0.750. The first-order chi connectivity index (χ1) is 6.77. The standard InChI is InChI=1S/C8H16.C7H14/c1-7(2)6-8(3)4-5-8;1-6(2)7(3)4-5-7/h7H,4-6H2,1-3H3;6H,4-5H2,1-3H3. The van der Waals surface area contributed by atoms with Crippen molar-refractivity contribution in [2.24, 2.45) is 22.7 Å². The van der Waals surface area contributed by atoms with Crippen molar-refractivity contribution in [3.8, 4) is 0 Å². The zero-order chi connectivity index (χ0) is 11.7. The van der Waals surface area contributed by atoms with Gasteiger partial charge < -0.3 is 0 Å². The van der Waals surface area contributed by atoms with E-state index in [0.29, 0.717) is 0 Å². The minimum atomic E-state index is 0.750. The highest BCUT2D eigenvalue weighted by atomic mass is 14.4. The topological polar surface area (TPSA) is 0 Å². The quantitative estimate of drug-likeness (QED) is 0.595. The molecule has 0 amide bonds. The lowest BCUT2D eigenvalue weighted by molar-refractivity contribution is 0.397. The molecule has 0 N–H and O–H groups in total. The van der Waals surface area contributed by atoms with Crippen LogP contribution in [0.1, 0.15) is 73.6 Å². The van der Waals surface area contributed by atoms with Crippen molar-refractivity contribution >= 4 is 0 Å². The van der Waals surface area contributed by atoms with Gasteiger partial charge in [0.05, 0.1) is 0 Å². The summed E-state index contributed by atoms with van der Waals surface area (Å²) in [5.41, 5.74) is 1.52. The van der Waals surface area contributed by atoms with E-state index in [1.165, 1.54) is 32.1 Å². The van der Waals surface area contributed by atoms with Gasteiger partial charge in [0, 0.05) is 0 Å². The van der Waals surface area contributed by atoms with Gasteiger partial charge in [-0.1, -0.05) is 41.5 Å². The smallest absolute Gasteiger partial charge is 0.0302 e. The first kappa shape index (κ1) is 13.1. The van der Waals surface area contributed by atoms with Crippen molar-refractivity contribution in [3.63, 3.8) is 0 Å². The zero-order valence-electron chi connectivity index (χ0n) is 11.7. The van der Waals surface area contributed by atoms with Crippen LogP contribution < -0.4 is 0 Å². The lowest BCUT2D eigenvalue weighted by Crippen LogP contribution is -2.01. The second kappa shape index (κ2) is 4.47. The van der Waals surface area contributed by atoms with Gasteiger partial charge in [-0.25, -0.2) is 0 Å². The average Bonchev–Trinajstić information content (AvgIpc) is 2.93. The molecule has 2 aliphatic carbocycles. The van der Waals surface area contributed by atoms with Crippen LogP contribution in [0.3, 0.4) is 0 Å².